The molecule has 44 heavy (non-hydrogen) atoms. The summed E-state index contributed by atoms with van der Waals surface area (Å²) in [6.45, 7) is 0.0392. The van der Waals surface area contributed by atoms with Crippen molar-refractivity contribution in [3.63, 3.8) is 0 Å². The normalized spacial score (nSPS) is 12.0. The number of aromatic nitrogens is 1. The highest BCUT2D eigenvalue weighted by Gasteiger charge is 2.28. The van der Waals surface area contributed by atoms with E-state index in [2.05, 4.69) is 15.6 Å². The predicted octanol–water partition coefficient (Wildman–Crippen LogP) is 4.93. The highest BCUT2D eigenvalue weighted by atomic mass is 32.2. The van der Waals surface area contributed by atoms with Crippen molar-refractivity contribution in [1.82, 2.24) is 15.6 Å². The van der Waals surface area contributed by atoms with Gasteiger partial charge >= 0.3 is 5.97 Å². The molecule has 0 aliphatic rings. The van der Waals surface area contributed by atoms with E-state index < -0.39 is 24.0 Å². The van der Waals surface area contributed by atoms with Gasteiger partial charge in [-0.3, -0.25) is 19.4 Å². The van der Waals surface area contributed by atoms with Gasteiger partial charge in [0.2, 0.25) is 16.9 Å². The van der Waals surface area contributed by atoms with Gasteiger partial charge in [-0.1, -0.05) is 103 Å². The van der Waals surface area contributed by atoms with Gasteiger partial charge in [-0.05, 0) is 41.7 Å². The van der Waals surface area contributed by atoms with Crippen molar-refractivity contribution < 1.29 is 23.9 Å². The Labute approximate surface area is 261 Å². The molecule has 0 radical (unpaired) electrons. The van der Waals surface area contributed by atoms with E-state index in [4.69, 9.17) is 4.74 Å². The van der Waals surface area contributed by atoms with Crippen LogP contribution in [-0.2, 0) is 38.6 Å². The van der Waals surface area contributed by atoms with Crippen LogP contribution in [0.15, 0.2) is 116 Å². The largest absolute Gasteiger partial charge is 0.459 e. The minimum atomic E-state index is -1.03. The minimum absolute atomic E-state index is 0.0392. The van der Waals surface area contributed by atoms with Gasteiger partial charge in [0, 0.05) is 36.6 Å². The fourth-order valence-corrected chi connectivity index (χ4v) is 5.24. The molecule has 8 nitrogen and oxygen atoms in total. The number of carbonyl (C=O) groups excluding carboxylic acids is 4. The minimum Gasteiger partial charge on any atom is -0.459 e. The van der Waals surface area contributed by atoms with Gasteiger partial charge < -0.3 is 15.4 Å². The number of rotatable bonds is 15. The van der Waals surface area contributed by atoms with Gasteiger partial charge in [-0.25, -0.2) is 4.79 Å². The first-order valence-corrected chi connectivity index (χ1v) is 15.4. The molecule has 0 saturated carbocycles. The van der Waals surface area contributed by atoms with Gasteiger partial charge in [0.25, 0.3) is 0 Å². The molecule has 2 atom stereocenters. The second-order valence-electron chi connectivity index (χ2n) is 10.1. The van der Waals surface area contributed by atoms with Crippen LogP contribution in [0.25, 0.3) is 0 Å². The third-order valence-electron chi connectivity index (χ3n) is 6.78. The fourth-order valence-electron chi connectivity index (χ4n) is 4.41. The van der Waals surface area contributed by atoms with Crippen LogP contribution in [-0.4, -0.2) is 45.7 Å². The van der Waals surface area contributed by atoms with Gasteiger partial charge in [0.1, 0.15) is 18.7 Å². The second kappa shape index (κ2) is 17.4. The fraction of sp³-hybridized carbons (Fsp3) is 0.229. The molecule has 0 aliphatic heterocycles. The van der Waals surface area contributed by atoms with Gasteiger partial charge in [-0.15, -0.1) is 0 Å². The van der Waals surface area contributed by atoms with E-state index in [1.54, 1.807) is 18.3 Å². The molecule has 2 amide bonds. The first kappa shape index (κ1) is 32.2. The number of thioether (sulfide) groups is 1. The summed E-state index contributed by atoms with van der Waals surface area (Å²) in [6.07, 6.45) is 4.19. The van der Waals surface area contributed by atoms with Crippen molar-refractivity contribution in [2.45, 2.75) is 44.4 Å². The van der Waals surface area contributed by atoms with E-state index >= 15 is 0 Å². The van der Waals surface area contributed by atoms with E-state index in [9.17, 15) is 19.2 Å². The molecular formula is C35H35N3O5S. The number of nitrogens with zero attached hydrogens (tertiary/aromatic N) is 1. The lowest BCUT2D eigenvalue weighted by Crippen LogP contribution is -2.53. The first-order chi connectivity index (χ1) is 21.5. The Morgan fingerprint density at radius 1 is 0.727 bits per heavy atom. The lowest BCUT2D eigenvalue weighted by Gasteiger charge is -2.23. The smallest absolute Gasteiger partial charge is 0.329 e. The highest BCUT2D eigenvalue weighted by molar-refractivity contribution is 8.14. The summed E-state index contributed by atoms with van der Waals surface area (Å²) in [7, 11) is 0. The number of hydrogen-bond acceptors (Lipinski definition) is 7. The maximum Gasteiger partial charge on any atom is 0.329 e. The highest BCUT2D eigenvalue weighted by Crippen LogP contribution is 2.15. The number of amides is 2. The maximum absolute atomic E-state index is 13.6. The van der Waals surface area contributed by atoms with E-state index in [-0.39, 0.29) is 42.6 Å². The number of pyridine rings is 1. The summed E-state index contributed by atoms with van der Waals surface area (Å²) in [5.41, 5.74) is 3.13. The molecule has 0 saturated heterocycles. The molecule has 4 aromatic rings. The quantitative estimate of drug-likeness (QED) is 0.184. The number of aryl methyl sites for hydroxylation is 1. The molecular weight excluding hydrogens is 574 g/mol. The van der Waals surface area contributed by atoms with Gasteiger partial charge in [0.05, 0.1) is 0 Å². The van der Waals surface area contributed by atoms with Crippen molar-refractivity contribution in [2.24, 2.45) is 0 Å². The van der Waals surface area contributed by atoms with Crippen molar-refractivity contribution in [2.75, 3.05) is 5.75 Å². The molecule has 0 fully saturated rings. The predicted molar refractivity (Wildman–Crippen MR) is 171 cm³/mol. The van der Waals surface area contributed by atoms with E-state index in [1.165, 1.54) is 6.20 Å². The van der Waals surface area contributed by atoms with Gasteiger partial charge in [0.15, 0.2) is 0 Å². The van der Waals surface area contributed by atoms with Crippen molar-refractivity contribution in [1.29, 1.82) is 0 Å². The lowest BCUT2D eigenvalue weighted by molar-refractivity contribution is -0.149. The summed E-state index contributed by atoms with van der Waals surface area (Å²) in [5, 5.41) is 5.48. The van der Waals surface area contributed by atoms with Crippen molar-refractivity contribution in [3.05, 3.63) is 138 Å². The van der Waals surface area contributed by atoms with Crippen LogP contribution in [0.4, 0.5) is 0 Å². The average molecular weight is 610 g/mol. The van der Waals surface area contributed by atoms with Crippen LogP contribution < -0.4 is 10.6 Å². The Hall–Kier alpha value is -4.76. The zero-order valence-corrected chi connectivity index (χ0v) is 25.1. The van der Waals surface area contributed by atoms with E-state index in [0.29, 0.717) is 12.0 Å². The summed E-state index contributed by atoms with van der Waals surface area (Å²) in [6, 6.07) is 29.6. The van der Waals surface area contributed by atoms with Crippen molar-refractivity contribution >= 4 is 34.7 Å². The SMILES string of the molecule is O=C(CCc1ccccc1)N[C@@H](Cc1ccccc1)C(=O)N[C@H](CCSC(=O)c1cccnc1)C(=O)OCc1ccccc1. The molecule has 0 bridgehead atoms. The Morgan fingerprint density at radius 2 is 1.36 bits per heavy atom. The van der Waals surface area contributed by atoms with Crippen LogP contribution in [0.3, 0.4) is 0 Å². The number of benzene rings is 3. The molecule has 2 N–H and O–H groups in total. The molecule has 3 aromatic carbocycles. The third-order valence-corrected chi connectivity index (χ3v) is 7.72. The Kier molecular flexibility index (Phi) is 12.7. The monoisotopic (exact) mass is 609 g/mol. The molecule has 0 aliphatic carbocycles. The van der Waals surface area contributed by atoms with Crippen LogP contribution in [0, 0.1) is 0 Å². The third kappa shape index (κ3) is 10.8. The number of hydrogen-bond donors (Lipinski definition) is 2. The molecule has 0 unspecified atom stereocenters. The van der Waals surface area contributed by atoms with Crippen LogP contribution in [0.5, 0.6) is 0 Å². The Morgan fingerprint density at radius 3 is 2.00 bits per heavy atom. The second-order valence-corrected chi connectivity index (χ2v) is 11.2. The van der Waals surface area contributed by atoms with Crippen LogP contribution in [0.2, 0.25) is 0 Å². The number of esters is 1. The molecule has 9 heteroatoms. The molecule has 0 spiro atoms. The summed E-state index contributed by atoms with van der Waals surface area (Å²) in [5.74, 6) is -1.14. The topological polar surface area (TPSA) is 114 Å². The molecule has 4 rings (SSSR count). The average Bonchev–Trinajstić information content (AvgIpc) is 3.07. The van der Waals surface area contributed by atoms with Crippen LogP contribution in [0.1, 0.15) is 39.9 Å². The summed E-state index contributed by atoms with van der Waals surface area (Å²) >= 11 is 1.04. The Balaban J connectivity index is 1.43. The van der Waals surface area contributed by atoms with Crippen molar-refractivity contribution in [3.8, 4) is 0 Å². The van der Waals surface area contributed by atoms with E-state index in [1.807, 2.05) is 91.0 Å². The zero-order valence-electron chi connectivity index (χ0n) is 24.3. The number of ether oxygens (including phenoxy) is 1. The zero-order chi connectivity index (χ0) is 31.0. The number of carbonyl (C=O) groups is 4. The molecule has 226 valence electrons. The van der Waals surface area contributed by atoms with Crippen LogP contribution >= 0.6 is 11.8 Å². The Bertz CT molecular complexity index is 1490. The lowest BCUT2D eigenvalue weighted by atomic mass is 10.0. The van der Waals surface area contributed by atoms with E-state index in [0.717, 1.165) is 28.5 Å². The maximum atomic E-state index is 13.6. The first-order valence-electron chi connectivity index (χ1n) is 14.4. The molecule has 1 heterocycles. The summed E-state index contributed by atoms with van der Waals surface area (Å²) < 4.78 is 5.55. The summed E-state index contributed by atoms with van der Waals surface area (Å²) in [4.78, 5) is 56.4. The van der Waals surface area contributed by atoms with Gasteiger partial charge in [-0.2, -0.15) is 0 Å². The molecule has 1 aromatic heterocycles. The number of nitrogens with one attached hydrogen (secondary N) is 2. The standard InChI is InChI=1S/C35H35N3O5S/c39-32(19-18-26-11-4-1-5-12-26)37-31(23-27-13-6-2-7-14-27)33(40)38-30(34(41)43-25-28-15-8-3-9-16-28)20-22-44-35(42)29-17-10-21-36-24-29/h1-17,21,24,30-31H,18-20,22-23,25H2,(H,37,39)(H,38,40)/t30-,31+/m1/s1.